The summed E-state index contributed by atoms with van der Waals surface area (Å²) in [4.78, 5) is 22.5. The summed E-state index contributed by atoms with van der Waals surface area (Å²) in [5, 5.41) is 13.8. The number of hydrogen-bond donors (Lipinski definition) is 1. The average Bonchev–Trinajstić information content (AvgIpc) is 2.71. The maximum atomic E-state index is 12.2. The van der Waals surface area contributed by atoms with Crippen LogP contribution in [0.2, 0.25) is 0 Å². The molecule has 0 bridgehead atoms. The molecule has 0 aromatic heterocycles. The Balaban J connectivity index is 2.16. The van der Waals surface area contributed by atoms with Crippen LogP contribution in [0.25, 0.3) is 0 Å². The van der Waals surface area contributed by atoms with Gasteiger partial charge in [-0.15, -0.1) is 0 Å². The molecule has 170 valence electrons. The highest BCUT2D eigenvalue weighted by Crippen LogP contribution is 2.31. The fourth-order valence-corrected chi connectivity index (χ4v) is 4.49. The Hall–Kier alpha value is -1.39. The summed E-state index contributed by atoms with van der Waals surface area (Å²) in [6.45, 7) is 2.24. The SMILES string of the molecule is CCCCCCCCCCCCCCCC(=O)Nc1cc([N+](=O)[O-])ccc1[PH](=O)Cl. The number of halogens is 1. The number of carbonyl (C=O) groups excluding carboxylic acids is 1. The van der Waals surface area contributed by atoms with Crippen LogP contribution >= 0.6 is 18.4 Å². The zero-order valence-electron chi connectivity index (χ0n) is 18.1. The maximum Gasteiger partial charge on any atom is 0.271 e. The second-order valence-corrected chi connectivity index (χ2v) is 9.92. The zero-order chi connectivity index (χ0) is 22.2. The average molecular weight is 459 g/mol. The van der Waals surface area contributed by atoms with E-state index in [2.05, 4.69) is 12.2 Å². The first-order chi connectivity index (χ1) is 14.5. The lowest BCUT2D eigenvalue weighted by Gasteiger charge is -2.09. The van der Waals surface area contributed by atoms with Crippen molar-refractivity contribution in [3.8, 4) is 0 Å². The summed E-state index contributed by atoms with van der Waals surface area (Å²) in [6.07, 6.45) is 16.4. The predicted molar refractivity (Wildman–Crippen MR) is 127 cm³/mol. The van der Waals surface area contributed by atoms with Gasteiger partial charge in [-0.05, 0) is 12.5 Å². The Morgan fingerprint density at radius 1 is 0.967 bits per heavy atom. The van der Waals surface area contributed by atoms with Gasteiger partial charge < -0.3 is 9.88 Å². The van der Waals surface area contributed by atoms with Crippen LogP contribution in [0.1, 0.15) is 96.8 Å². The van der Waals surface area contributed by atoms with Crippen LogP contribution in [0.5, 0.6) is 0 Å². The van der Waals surface area contributed by atoms with Gasteiger partial charge in [0.15, 0.2) is 7.15 Å². The molecular formula is C22H36ClN2O4P. The molecule has 1 atom stereocenters. The first kappa shape index (κ1) is 26.6. The van der Waals surface area contributed by atoms with E-state index in [4.69, 9.17) is 11.2 Å². The van der Waals surface area contributed by atoms with Crippen molar-refractivity contribution >= 4 is 41.0 Å². The van der Waals surface area contributed by atoms with E-state index >= 15 is 0 Å². The molecule has 0 heterocycles. The van der Waals surface area contributed by atoms with Crippen LogP contribution in [0.15, 0.2) is 18.2 Å². The van der Waals surface area contributed by atoms with Crippen molar-refractivity contribution in [2.24, 2.45) is 0 Å². The van der Waals surface area contributed by atoms with Gasteiger partial charge in [-0.2, -0.15) is 0 Å². The number of anilines is 1. The van der Waals surface area contributed by atoms with Crippen molar-refractivity contribution < 1.29 is 14.3 Å². The summed E-state index contributed by atoms with van der Waals surface area (Å²) in [5.41, 5.74) is -0.00212. The Morgan fingerprint density at radius 2 is 1.47 bits per heavy atom. The van der Waals surface area contributed by atoms with Crippen LogP contribution < -0.4 is 10.6 Å². The molecule has 1 unspecified atom stereocenters. The Morgan fingerprint density at radius 3 is 1.93 bits per heavy atom. The lowest BCUT2D eigenvalue weighted by Crippen LogP contribution is -2.16. The van der Waals surface area contributed by atoms with Gasteiger partial charge in [0.2, 0.25) is 5.91 Å². The summed E-state index contributed by atoms with van der Waals surface area (Å²) in [5.74, 6) is -0.236. The third-order valence-electron chi connectivity index (χ3n) is 5.21. The highest BCUT2D eigenvalue weighted by atomic mass is 35.7. The molecule has 0 fully saturated rings. The lowest BCUT2D eigenvalue weighted by atomic mass is 10.0. The lowest BCUT2D eigenvalue weighted by molar-refractivity contribution is -0.384. The van der Waals surface area contributed by atoms with Crippen molar-refractivity contribution in [1.29, 1.82) is 0 Å². The largest absolute Gasteiger partial charge is 0.325 e. The number of nitro groups is 1. The van der Waals surface area contributed by atoms with Crippen LogP contribution in [0.3, 0.4) is 0 Å². The summed E-state index contributed by atoms with van der Waals surface area (Å²) >= 11 is 5.68. The van der Waals surface area contributed by atoms with E-state index in [9.17, 15) is 19.5 Å². The Kier molecular flexibility index (Phi) is 14.5. The van der Waals surface area contributed by atoms with Crippen molar-refractivity contribution in [3.05, 3.63) is 28.3 Å². The zero-order valence-corrected chi connectivity index (χ0v) is 19.8. The summed E-state index contributed by atoms with van der Waals surface area (Å²) < 4.78 is 11.6. The van der Waals surface area contributed by atoms with Gasteiger partial charge in [0.25, 0.3) is 5.69 Å². The van der Waals surface area contributed by atoms with E-state index in [1.807, 2.05) is 0 Å². The molecule has 1 rings (SSSR count). The van der Waals surface area contributed by atoms with Crippen molar-refractivity contribution in [2.45, 2.75) is 96.8 Å². The van der Waals surface area contributed by atoms with Crippen LogP contribution in [-0.2, 0) is 9.36 Å². The van der Waals surface area contributed by atoms with E-state index in [1.165, 1.54) is 82.4 Å². The number of amides is 1. The van der Waals surface area contributed by atoms with E-state index in [0.717, 1.165) is 19.3 Å². The topological polar surface area (TPSA) is 89.3 Å². The molecule has 1 aromatic carbocycles. The Labute approximate surface area is 185 Å². The molecule has 0 saturated heterocycles. The number of non-ortho nitro benzene ring substituents is 1. The van der Waals surface area contributed by atoms with Crippen molar-refractivity contribution in [2.75, 3.05) is 5.32 Å². The molecule has 6 nitrogen and oxygen atoms in total. The number of benzene rings is 1. The maximum absolute atomic E-state index is 12.2. The van der Waals surface area contributed by atoms with E-state index in [1.54, 1.807) is 0 Å². The number of hydrogen-bond acceptors (Lipinski definition) is 4. The molecule has 0 aliphatic rings. The van der Waals surface area contributed by atoms with E-state index in [0.29, 0.717) is 6.42 Å². The molecular weight excluding hydrogens is 423 g/mol. The number of nitrogens with one attached hydrogen (secondary N) is 1. The van der Waals surface area contributed by atoms with Crippen LogP contribution in [0, 0.1) is 10.1 Å². The van der Waals surface area contributed by atoms with Gasteiger partial charge in [0.05, 0.1) is 10.6 Å². The number of nitrogens with zero attached hydrogens (tertiary/aromatic N) is 1. The number of unbranched alkanes of at least 4 members (excludes halogenated alkanes) is 12. The van der Waals surface area contributed by atoms with Gasteiger partial charge >= 0.3 is 0 Å². The summed E-state index contributed by atoms with van der Waals surface area (Å²) in [7, 11) is -2.59. The molecule has 1 aromatic rings. The van der Waals surface area contributed by atoms with E-state index < -0.39 is 12.1 Å². The van der Waals surface area contributed by atoms with Gasteiger partial charge in [-0.1, -0.05) is 95.2 Å². The highest BCUT2D eigenvalue weighted by Gasteiger charge is 2.15. The molecule has 0 aliphatic heterocycles. The van der Waals surface area contributed by atoms with Crippen LogP contribution in [0.4, 0.5) is 11.4 Å². The van der Waals surface area contributed by atoms with Crippen LogP contribution in [-0.4, -0.2) is 10.8 Å². The fraction of sp³-hybridized carbons (Fsp3) is 0.682. The standard InChI is InChI=1S/C22H36ClN2O4P/c1-2-3-4-5-6-7-8-9-10-11-12-13-14-15-22(26)24-20-18-19(25(27)28)16-17-21(20)30(23)29/h16-18,30H,2-15H2,1H3,(H,24,26). The van der Waals surface area contributed by atoms with Gasteiger partial charge in [-0.25, -0.2) is 0 Å². The molecule has 0 radical (unpaired) electrons. The van der Waals surface area contributed by atoms with Gasteiger partial charge in [-0.3, -0.25) is 14.9 Å². The monoisotopic (exact) mass is 458 g/mol. The highest BCUT2D eigenvalue weighted by molar-refractivity contribution is 7.80. The minimum atomic E-state index is -2.59. The number of rotatable bonds is 17. The van der Waals surface area contributed by atoms with Crippen molar-refractivity contribution in [3.63, 3.8) is 0 Å². The predicted octanol–water partition coefficient (Wildman–Crippen LogP) is 7.35. The van der Waals surface area contributed by atoms with E-state index in [-0.39, 0.29) is 22.6 Å². The molecule has 0 saturated carbocycles. The molecule has 8 heteroatoms. The molecule has 30 heavy (non-hydrogen) atoms. The normalized spacial score (nSPS) is 11.9. The molecule has 1 N–H and O–H groups in total. The third-order valence-corrected chi connectivity index (χ3v) is 6.68. The molecule has 0 aliphatic carbocycles. The molecule has 1 amide bonds. The van der Waals surface area contributed by atoms with Gasteiger partial charge in [0.1, 0.15) is 0 Å². The second-order valence-electron chi connectivity index (χ2n) is 7.80. The van der Waals surface area contributed by atoms with Crippen molar-refractivity contribution in [1.82, 2.24) is 0 Å². The third kappa shape index (κ3) is 11.7. The first-order valence-electron chi connectivity index (χ1n) is 11.2. The number of nitro benzene ring substituents is 1. The quantitative estimate of drug-likeness (QED) is 0.114. The van der Waals surface area contributed by atoms with Gasteiger partial charge in [0, 0.05) is 23.9 Å². The minimum absolute atomic E-state index is 0.169. The Bertz CT molecular complexity index is 685. The smallest absolute Gasteiger partial charge is 0.271 e. The summed E-state index contributed by atoms with van der Waals surface area (Å²) in [6, 6.07) is 3.79. The second kappa shape index (κ2) is 16.3. The first-order valence-corrected chi connectivity index (χ1v) is 13.7. The molecule has 0 spiro atoms. The number of carbonyl (C=O) groups is 1. The fourth-order valence-electron chi connectivity index (χ4n) is 3.44. The minimum Gasteiger partial charge on any atom is -0.325 e.